The fourth-order valence-corrected chi connectivity index (χ4v) is 2.29. The average Bonchev–Trinajstić information content (AvgIpc) is 3.09. The smallest absolute Gasteiger partial charge is 0.353 e. The van der Waals surface area contributed by atoms with Crippen LogP contribution in [0.25, 0.3) is 11.4 Å². The zero-order valence-electron chi connectivity index (χ0n) is 13.2. The van der Waals surface area contributed by atoms with E-state index in [1.807, 2.05) is 30.3 Å². The van der Waals surface area contributed by atoms with Gasteiger partial charge in [-0.2, -0.15) is 18.2 Å². The molecule has 3 rings (SSSR count). The molecule has 0 saturated heterocycles. The summed E-state index contributed by atoms with van der Waals surface area (Å²) in [4.78, 5) is 4.25. The Morgan fingerprint density at radius 2 is 1.73 bits per heavy atom. The summed E-state index contributed by atoms with van der Waals surface area (Å²) in [7, 11) is 0. The van der Waals surface area contributed by atoms with Gasteiger partial charge in [0.2, 0.25) is 11.7 Å². The fourth-order valence-electron chi connectivity index (χ4n) is 2.10. The number of alkyl halides is 3. The first-order chi connectivity index (χ1) is 12.4. The lowest BCUT2D eigenvalue weighted by atomic mass is 10.2. The SMILES string of the molecule is FC(F)(F)c1ccc(NC(=S)NCc2nc(-c3ccccc3)no2)cc1. The Kier molecular flexibility index (Phi) is 5.17. The highest BCUT2D eigenvalue weighted by atomic mass is 32.1. The zero-order chi connectivity index (χ0) is 18.6. The molecule has 3 aromatic rings. The van der Waals surface area contributed by atoms with E-state index >= 15 is 0 Å². The summed E-state index contributed by atoms with van der Waals surface area (Å²) in [6, 6.07) is 13.9. The summed E-state index contributed by atoms with van der Waals surface area (Å²) in [5.41, 5.74) is 0.542. The van der Waals surface area contributed by atoms with Crippen LogP contribution in [0.3, 0.4) is 0 Å². The molecular weight excluding hydrogens is 365 g/mol. The van der Waals surface area contributed by atoms with Crippen molar-refractivity contribution in [3.8, 4) is 11.4 Å². The first-order valence-corrected chi connectivity index (χ1v) is 7.93. The Labute approximate surface area is 152 Å². The minimum atomic E-state index is -4.37. The molecular formula is C17H13F3N4OS. The summed E-state index contributed by atoms with van der Waals surface area (Å²) >= 11 is 5.11. The maximum absolute atomic E-state index is 12.5. The molecule has 1 heterocycles. The van der Waals surface area contributed by atoms with Gasteiger partial charge in [0.1, 0.15) is 0 Å². The van der Waals surface area contributed by atoms with E-state index in [4.69, 9.17) is 16.7 Å². The van der Waals surface area contributed by atoms with E-state index < -0.39 is 11.7 Å². The Balaban J connectivity index is 1.54. The normalized spacial score (nSPS) is 11.2. The Hall–Kier alpha value is -2.94. The Morgan fingerprint density at radius 3 is 2.38 bits per heavy atom. The topological polar surface area (TPSA) is 63.0 Å². The molecule has 134 valence electrons. The summed E-state index contributed by atoms with van der Waals surface area (Å²) in [6.45, 7) is 0.187. The van der Waals surface area contributed by atoms with E-state index in [0.29, 0.717) is 17.4 Å². The first kappa shape index (κ1) is 17.9. The first-order valence-electron chi connectivity index (χ1n) is 7.52. The molecule has 0 aliphatic heterocycles. The number of anilines is 1. The summed E-state index contributed by atoms with van der Waals surface area (Å²) in [6.07, 6.45) is -4.37. The van der Waals surface area contributed by atoms with Gasteiger partial charge in [0.25, 0.3) is 0 Å². The lowest BCUT2D eigenvalue weighted by Crippen LogP contribution is -2.28. The molecule has 1 aromatic heterocycles. The molecule has 0 fully saturated rings. The minimum Gasteiger partial charge on any atom is -0.353 e. The second-order valence-corrected chi connectivity index (χ2v) is 5.67. The minimum absolute atomic E-state index is 0.187. The molecule has 0 aliphatic rings. The molecule has 0 amide bonds. The second-order valence-electron chi connectivity index (χ2n) is 5.26. The van der Waals surface area contributed by atoms with Crippen molar-refractivity contribution in [1.82, 2.24) is 15.5 Å². The van der Waals surface area contributed by atoms with Gasteiger partial charge in [-0.05, 0) is 36.5 Å². The summed E-state index contributed by atoms with van der Waals surface area (Å²) < 4.78 is 42.7. The third-order valence-electron chi connectivity index (χ3n) is 3.37. The molecule has 0 unspecified atom stereocenters. The van der Waals surface area contributed by atoms with Crippen LogP contribution in [0.15, 0.2) is 59.1 Å². The standard InChI is InChI=1S/C17H13F3N4OS/c18-17(19,20)12-6-8-13(9-7-12)22-16(26)21-10-14-23-15(24-25-14)11-4-2-1-3-5-11/h1-9H,10H2,(H2,21,22,26). The van der Waals surface area contributed by atoms with E-state index in [-0.39, 0.29) is 11.7 Å². The lowest BCUT2D eigenvalue weighted by molar-refractivity contribution is -0.137. The third-order valence-corrected chi connectivity index (χ3v) is 3.62. The van der Waals surface area contributed by atoms with E-state index in [9.17, 15) is 13.2 Å². The number of hydrogen-bond acceptors (Lipinski definition) is 4. The van der Waals surface area contributed by atoms with Gasteiger partial charge in [0.15, 0.2) is 5.11 Å². The highest BCUT2D eigenvalue weighted by Gasteiger charge is 2.29. The molecule has 2 N–H and O–H groups in total. The number of nitrogens with one attached hydrogen (secondary N) is 2. The number of hydrogen-bond donors (Lipinski definition) is 2. The lowest BCUT2D eigenvalue weighted by Gasteiger charge is -2.10. The Morgan fingerprint density at radius 1 is 1.04 bits per heavy atom. The second kappa shape index (κ2) is 7.52. The third kappa shape index (κ3) is 4.57. The van der Waals surface area contributed by atoms with Crippen LogP contribution >= 0.6 is 12.2 Å². The van der Waals surface area contributed by atoms with Gasteiger partial charge in [-0.3, -0.25) is 0 Å². The quantitative estimate of drug-likeness (QED) is 0.662. The van der Waals surface area contributed by atoms with Gasteiger partial charge in [0, 0.05) is 11.3 Å². The van der Waals surface area contributed by atoms with Crippen molar-refractivity contribution in [3.05, 3.63) is 66.1 Å². The van der Waals surface area contributed by atoms with Crippen LogP contribution in [0.5, 0.6) is 0 Å². The Bertz CT molecular complexity index is 879. The van der Waals surface area contributed by atoms with Gasteiger partial charge in [-0.25, -0.2) is 0 Å². The number of rotatable bonds is 4. The van der Waals surface area contributed by atoms with Crippen LogP contribution in [0.4, 0.5) is 18.9 Å². The van der Waals surface area contributed by atoms with Crippen LogP contribution in [0.2, 0.25) is 0 Å². The van der Waals surface area contributed by atoms with Crippen LogP contribution < -0.4 is 10.6 Å². The maximum atomic E-state index is 12.5. The van der Waals surface area contributed by atoms with Gasteiger partial charge in [-0.1, -0.05) is 35.5 Å². The van der Waals surface area contributed by atoms with Crippen LogP contribution in [-0.2, 0) is 12.7 Å². The van der Waals surface area contributed by atoms with Crippen molar-refractivity contribution in [2.24, 2.45) is 0 Å². The highest BCUT2D eigenvalue weighted by Crippen LogP contribution is 2.29. The molecule has 2 aromatic carbocycles. The number of halogens is 3. The van der Waals surface area contributed by atoms with Crippen molar-refractivity contribution < 1.29 is 17.7 Å². The monoisotopic (exact) mass is 378 g/mol. The molecule has 0 aliphatic carbocycles. The van der Waals surface area contributed by atoms with Gasteiger partial charge < -0.3 is 15.2 Å². The molecule has 0 radical (unpaired) electrons. The molecule has 9 heteroatoms. The van der Waals surface area contributed by atoms with Crippen LogP contribution in [0, 0.1) is 0 Å². The number of benzene rings is 2. The van der Waals surface area contributed by atoms with E-state index in [1.165, 1.54) is 12.1 Å². The fraction of sp³-hybridized carbons (Fsp3) is 0.118. The zero-order valence-corrected chi connectivity index (χ0v) is 14.1. The van der Waals surface area contributed by atoms with E-state index in [0.717, 1.165) is 17.7 Å². The molecule has 0 spiro atoms. The van der Waals surface area contributed by atoms with E-state index in [2.05, 4.69) is 20.8 Å². The van der Waals surface area contributed by atoms with Gasteiger partial charge >= 0.3 is 6.18 Å². The van der Waals surface area contributed by atoms with Gasteiger partial charge in [0.05, 0.1) is 12.1 Å². The summed E-state index contributed by atoms with van der Waals surface area (Å²) in [5, 5.41) is 9.76. The number of aromatic nitrogens is 2. The maximum Gasteiger partial charge on any atom is 0.416 e. The average molecular weight is 378 g/mol. The predicted octanol–water partition coefficient (Wildman–Crippen LogP) is 4.24. The van der Waals surface area contributed by atoms with E-state index in [1.54, 1.807) is 0 Å². The van der Waals surface area contributed by atoms with Crippen molar-refractivity contribution >= 4 is 23.0 Å². The molecule has 26 heavy (non-hydrogen) atoms. The predicted molar refractivity (Wildman–Crippen MR) is 94.2 cm³/mol. The number of thiocarbonyl (C=S) groups is 1. The summed E-state index contributed by atoms with van der Waals surface area (Å²) in [5.74, 6) is 0.796. The van der Waals surface area contributed by atoms with Crippen molar-refractivity contribution in [3.63, 3.8) is 0 Å². The molecule has 5 nitrogen and oxygen atoms in total. The van der Waals surface area contributed by atoms with Crippen molar-refractivity contribution in [2.75, 3.05) is 5.32 Å². The largest absolute Gasteiger partial charge is 0.416 e. The van der Waals surface area contributed by atoms with Gasteiger partial charge in [-0.15, -0.1) is 0 Å². The van der Waals surface area contributed by atoms with Crippen molar-refractivity contribution in [2.45, 2.75) is 12.7 Å². The number of nitrogens with zero attached hydrogens (tertiary/aromatic N) is 2. The highest BCUT2D eigenvalue weighted by molar-refractivity contribution is 7.80. The van der Waals surface area contributed by atoms with Crippen molar-refractivity contribution in [1.29, 1.82) is 0 Å². The molecule has 0 saturated carbocycles. The molecule has 0 atom stereocenters. The molecule has 0 bridgehead atoms. The van der Waals surface area contributed by atoms with Crippen LogP contribution in [-0.4, -0.2) is 15.3 Å². The van der Waals surface area contributed by atoms with Crippen LogP contribution in [0.1, 0.15) is 11.5 Å².